The van der Waals surface area contributed by atoms with Crippen LogP contribution in [0.25, 0.3) is 0 Å². The number of benzene rings is 2. The third-order valence-electron chi connectivity index (χ3n) is 5.29. The Morgan fingerprint density at radius 2 is 1.83 bits per heavy atom. The van der Waals surface area contributed by atoms with Crippen LogP contribution in [-0.4, -0.2) is 30.3 Å². The molecule has 5 nitrogen and oxygen atoms in total. The van der Waals surface area contributed by atoms with E-state index in [-0.39, 0.29) is 11.8 Å². The molecule has 2 amide bonds. The lowest BCUT2D eigenvalue weighted by atomic mass is 9.97. The summed E-state index contributed by atoms with van der Waals surface area (Å²) in [6, 6.07) is 15.3. The van der Waals surface area contributed by atoms with E-state index in [2.05, 4.69) is 22.5 Å². The van der Waals surface area contributed by atoms with E-state index < -0.39 is 5.38 Å². The van der Waals surface area contributed by atoms with Gasteiger partial charge in [0.15, 0.2) is 0 Å². The molecule has 2 aromatic carbocycles. The van der Waals surface area contributed by atoms with Crippen LogP contribution in [0, 0.1) is 5.92 Å². The molecule has 1 fully saturated rings. The molecule has 1 atom stereocenters. The molecule has 6 heteroatoms. The van der Waals surface area contributed by atoms with Crippen LogP contribution in [0.2, 0.25) is 0 Å². The Labute approximate surface area is 177 Å². The Morgan fingerprint density at radius 1 is 1.14 bits per heavy atom. The summed E-state index contributed by atoms with van der Waals surface area (Å²) in [5, 5.41) is 5.14. The number of nitrogens with zero attached hydrogens (tertiary/aromatic N) is 1. The van der Waals surface area contributed by atoms with E-state index >= 15 is 0 Å². The molecule has 29 heavy (non-hydrogen) atoms. The second-order valence-electron chi connectivity index (χ2n) is 7.68. The van der Waals surface area contributed by atoms with Gasteiger partial charge in [0.2, 0.25) is 5.91 Å². The summed E-state index contributed by atoms with van der Waals surface area (Å²) < 4.78 is 0. The van der Waals surface area contributed by atoms with Crippen molar-refractivity contribution in [3.05, 3.63) is 59.7 Å². The summed E-state index contributed by atoms with van der Waals surface area (Å²) in [4.78, 5) is 27.3. The van der Waals surface area contributed by atoms with Gasteiger partial charge >= 0.3 is 0 Å². The fourth-order valence-electron chi connectivity index (χ4n) is 3.44. The van der Waals surface area contributed by atoms with Gasteiger partial charge in [-0.3, -0.25) is 9.59 Å². The summed E-state index contributed by atoms with van der Waals surface area (Å²) in [6.45, 7) is 6.17. The van der Waals surface area contributed by atoms with Crippen LogP contribution in [-0.2, 0) is 11.3 Å². The second kappa shape index (κ2) is 9.79. The molecule has 0 bridgehead atoms. The molecular weight excluding hydrogens is 386 g/mol. The number of carbonyl (C=O) groups is 2. The molecule has 0 aromatic heterocycles. The van der Waals surface area contributed by atoms with Crippen molar-refractivity contribution in [2.45, 2.75) is 38.6 Å². The summed E-state index contributed by atoms with van der Waals surface area (Å²) in [5.74, 6) is 0.254. The number of nitrogens with one attached hydrogen (secondary N) is 2. The topological polar surface area (TPSA) is 61.4 Å². The van der Waals surface area contributed by atoms with E-state index in [4.69, 9.17) is 11.6 Å². The normalized spacial score (nSPS) is 15.6. The van der Waals surface area contributed by atoms with E-state index in [1.165, 1.54) is 0 Å². The van der Waals surface area contributed by atoms with Crippen LogP contribution in [0.15, 0.2) is 48.5 Å². The van der Waals surface area contributed by atoms with Crippen LogP contribution >= 0.6 is 11.6 Å². The zero-order valence-electron chi connectivity index (χ0n) is 17.0. The van der Waals surface area contributed by atoms with Crippen molar-refractivity contribution in [3.8, 4) is 0 Å². The Balaban J connectivity index is 1.83. The van der Waals surface area contributed by atoms with Gasteiger partial charge in [0, 0.05) is 31.0 Å². The SMILES string of the molecule is CC1CCN(c2ccc(NC(=O)C(C)Cl)cc2C(=O)NCc2ccccc2)CC1. The van der Waals surface area contributed by atoms with Crippen molar-refractivity contribution in [2.75, 3.05) is 23.3 Å². The van der Waals surface area contributed by atoms with Crippen molar-refractivity contribution in [2.24, 2.45) is 5.92 Å². The molecule has 3 rings (SSSR count). The minimum atomic E-state index is -0.645. The van der Waals surface area contributed by atoms with Crippen LogP contribution in [0.4, 0.5) is 11.4 Å². The van der Waals surface area contributed by atoms with Gasteiger partial charge in [-0.1, -0.05) is 37.3 Å². The molecule has 0 spiro atoms. The molecule has 0 aliphatic carbocycles. The third-order valence-corrected chi connectivity index (χ3v) is 5.49. The monoisotopic (exact) mass is 413 g/mol. The van der Waals surface area contributed by atoms with Crippen molar-refractivity contribution >= 4 is 34.8 Å². The van der Waals surface area contributed by atoms with Crippen molar-refractivity contribution in [1.82, 2.24) is 5.32 Å². The molecule has 1 aliphatic rings. The highest BCUT2D eigenvalue weighted by molar-refractivity contribution is 6.32. The van der Waals surface area contributed by atoms with Crippen molar-refractivity contribution in [1.29, 1.82) is 0 Å². The molecule has 1 saturated heterocycles. The third kappa shape index (κ3) is 5.73. The van der Waals surface area contributed by atoms with Crippen molar-refractivity contribution < 1.29 is 9.59 Å². The number of hydrogen-bond acceptors (Lipinski definition) is 3. The number of amides is 2. The quantitative estimate of drug-likeness (QED) is 0.689. The first-order valence-electron chi connectivity index (χ1n) is 10.1. The number of halogens is 1. The van der Waals surface area contributed by atoms with Gasteiger partial charge in [-0.25, -0.2) is 0 Å². The van der Waals surface area contributed by atoms with E-state index in [1.807, 2.05) is 42.5 Å². The standard InChI is InChI=1S/C23H28ClN3O2/c1-16-10-12-27(13-11-16)21-9-8-19(26-22(28)17(2)24)14-20(21)23(29)25-15-18-6-4-3-5-7-18/h3-9,14,16-17H,10-13,15H2,1-2H3,(H,25,29)(H,26,28). The summed E-state index contributed by atoms with van der Waals surface area (Å²) in [6.07, 6.45) is 2.21. The number of piperidine rings is 1. The maximum atomic E-state index is 13.0. The fourth-order valence-corrected chi connectivity index (χ4v) is 3.49. The highest BCUT2D eigenvalue weighted by atomic mass is 35.5. The Kier molecular flexibility index (Phi) is 7.15. The lowest BCUT2D eigenvalue weighted by molar-refractivity contribution is -0.115. The maximum absolute atomic E-state index is 13.0. The average Bonchev–Trinajstić information content (AvgIpc) is 2.73. The molecule has 2 aromatic rings. The van der Waals surface area contributed by atoms with Crippen LogP contribution in [0.1, 0.15) is 42.6 Å². The van der Waals surface area contributed by atoms with E-state index in [1.54, 1.807) is 13.0 Å². The smallest absolute Gasteiger partial charge is 0.253 e. The summed E-state index contributed by atoms with van der Waals surface area (Å²) in [7, 11) is 0. The molecule has 0 radical (unpaired) electrons. The Hall–Kier alpha value is -2.53. The minimum absolute atomic E-state index is 0.155. The first kappa shape index (κ1) is 21.2. The van der Waals surface area contributed by atoms with Crippen LogP contribution in [0.3, 0.4) is 0 Å². The van der Waals surface area contributed by atoms with E-state index in [0.29, 0.717) is 23.7 Å². The van der Waals surface area contributed by atoms with Crippen LogP contribution < -0.4 is 15.5 Å². The maximum Gasteiger partial charge on any atom is 0.253 e. The van der Waals surface area contributed by atoms with Gasteiger partial charge in [-0.15, -0.1) is 11.6 Å². The molecular formula is C23H28ClN3O2. The number of alkyl halides is 1. The van der Waals surface area contributed by atoms with Gasteiger partial charge in [-0.2, -0.15) is 0 Å². The molecule has 1 heterocycles. The van der Waals surface area contributed by atoms with E-state index in [0.717, 1.165) is 37.2 Å². The number of hydrogen-bond donors (Lipinski definition) is 2. The lowest BCUT2D eigenvalue weighted by Crippen LogP contribution is -2.35. The van der Waals surface area contributed by atoms with Gasteiger partial charge in [0.25, 0.3) is 5.91 Å². The van der Waals surface area contributed by atoms with Gasteiger partial charge < -0.3 is 15.5 Å². The molecule has 1 unspecified atom stereocenters. The first-order chi connectivity index (χ1) is 13.9. The predicted octanol–water partition coefficient (Wildman–Crippen LogP) is 4.42. The van der Waals surface area contributed by atoms with E-state index in [9.17, 15) is 9.59 Å². The fraction of sp³-hybridized carbons (Fsp3) is 0.391. The largest absolute Gasteiger partial charge is 0.371 e. The minimum Gasteiger partial charge on any atom is -0.371 e. The molecule has 0 saturated carbocycles. The predicted molar refractivity (Wildman–Crippen MR) is 119 cm³/mol. The molecule has 2 N–H and O–H groups in total. The average molecular weight is 414 g/mol. The van der Waals surface area contributed by atoms with Gasteiger partial charge in [-0.05, 0) is 49.4 Å². The molecule has 154 valence electrons. The lowest BCUT2D eigenvalue weighted by Gasteiger charge is -2.33. The Morgan fingerprint density at radius 3 is 2.48 bits per heavy atom. The summed E-state index contributed by atoms with van der Waals surface area (Å²) in [5.41, 5.74) is 3.08. The number of anilines is 2. The van der Waals surface area contributed by atoms with Crippen molar-refractivity contribution in [3.63, 3.8) is 0 Å². The highest BCUT2D eigenvalue weighted by Crippen LogP contribution is 2.29. The summed E-state index contributed by atoms with van der Waals surface area (Å²) >= 11 is 5.87. The highest BCUT2D eigenvalue weighted by Gasteiger charge is 2.22. The molecule has 1 aliphatic heterocycles. The van der Waals surface area contributed by atoms with Gasteiger partial charge in [0.1, 0.15) is 5.38 Å². The number of carbonyl (C=O) groups excluding carboxylic acids is 2. The zero-order chi connectivity index (χ0) is 20.8. The van der Waals surface area contributed by atoms with Crippen LogP contribution in [0.5, 0.6) is 0 Å². The van der Waals surface area contributed by atoms with Gasteiger partial charge in [0.05, 0.1) is 5.56 Å². The zero-order valence-corrected chi connectivity index (χ0v) is 17.7. The number of rotatable bonds is 6. The Bertz CT molecular complexity index is 846. The second-order valence-corrected chi connectivity index (χ2v) is 8.33. The first-order valence-corrected chi connectivity index (χ1v) is 10.5.